The van der Waals surface area contributed by atoms with E-state index in [1.807, 2.05) is 26.8 Å². The normalized spacial score (nSPS) is 15.6. The average molecular weight is 355 g/mol. The van der Waals surface area contributed by atoms with Gasteiger partial charge in [-0.25, -0.2) is 4.98 Å². The van der Waals surface area contributed by atoms with E-state index in [1.165, 1.54) is 0 Å². The third-order valence-corrected chi connectivity index (χ3v) is 4.55. The first kappa shape index (κ1) is 16.7. The van der Waals surface area contributed by atoms with E-state index < -0.39 is 6.04 Å². The zero-order valence-electron chi connectivity index (χ0n) is 15.2. The Balaban J connectivity index is 1.63. The van der Waals surface area contributed by atoms with E-state index in [4.69, 9.17) is 8.94 Å². The van der Waals surface area contributed by atoms with Crippen LogP contribution in [0.3, 0.4) is 0 Å². The SMILES string of the molecule is Cc1noc2nc(C3CC3)cc(C(=O)NC(C)c3nnc(C(C)C)o3)c12. The Morgan fingerprint density at radius 3 is 2.62 bits per heavy atom. The maximum Gasteiger partial charge on any atom is 0.259 e. The summed E-state index contributed by atoms with van der Waals surface area (Å²) in [5.41, 5.74) is 2.45. The highest BCUT2D eigenvalue weighted by Crippen LogP contribution is 2.40. The molecular formula is C18H21N5O3. The van der Waals surface area contributed by atoms with E-state index in [-0.39, 0.29) is 11.8 Å². The summed E-state index contributed by atoms with van der Waals surface area (Å²) in [6, 6.07) is 1.44. The van der Waals surface area contributed by atoms with Crippen molar-refractivity contribution in [2.45, 2.75) is 58.4 Å². The molecule has 136 valence electrons. The van der Waals surface area contributed by atoms with Gasteiger partial charge in [0, 0.05) is 17.5 Å². The highest BCUT2D eigenvalue weighted by Gasteiger charge is 2.29. The van der Waals surface area contributed by atoms with Gasteiger partial charge in [0.25, 0.3) is 11.6 Å². The number of aryl methyl sites for hydroxylation is 1. The van der Waals surface area contributed by atoms with E-state index >= 15 is 0 Å². The summed E-state index contributed by atoms with van der Waals surface area (Å²) in [6.07, 6.45) is 2.17. The maximum absolute atomic E-state index is 12.9. The second-order valence-corrected chi connectivity index (χ2v) is 7.15. The van der Waals surface area contributed by atoms with Crippen molar-refractivity contribution in [2.75, 3.05) is 0 Å². The number of rotatable bonds is 5. The smallest absolute Gasteiger partial charge is 0.259 e. The van der Waals surface area contributed by atoms with Gasteiger partial charge in [0.15, 0.2) is 0 Å². The molecule has 3 aromatic rings. The molecular weight excluding hydrogens is 334 g/mol. The number of carbonyl (C=O) groups is 1. The minimum atomic E-state index is -0.407. The van der Waals surface area contributed by atoms with Gasteiger partial charge < -0.3 is 14.3 Å². The minimum Gasteiger partial charge on any atom is -0.423 e. The lowest BCUT2D eigenvalue weighted by Crippen LogP contribution is -2.27. The molecule has 1 amide bonds. The average Bonchev–Trinajstić information content (AvgIpc) is 3.21. The predicted molar refractivity (Wildman–Crippen MR) is 92.8 cm³/mol. The lowest BCUT2D eigenvalue weighted by Gasteiger charge is -2.11. The Kier molecular flexibility index (Phi) is 3.97. The molecule has 0 spiro atoms. The van der Waals surface area contributed by atoms with Gasteiger partial charge in [-0.3, -0.25) is 4.79 Å². The van der Waals surface area contributed by atoms with Crippen molar-refractivity contribution in [3.05, 3.63) is 34.8 Å². The monoisotopic (exact) mass is 355 g/mol. The Hall–Kier alpha value is -2.77. The maximum atomic E-state index is 12.9. The number of carbonyl (C=O) groups excluding carboxylic acids is 1. The van der Waals surface area contributed by atoms with Crippen LogP contribution < -0.4 is 5.32 Å². The molecule has 8 heteroatoms. The molecule has 1 aliphatic rings. The topological polar surface area (TPSA) is 107 Å². The van der Waals surface area contributed by atoms with E-state index in [9.17, 15) is 4.79 Å². The number of hydrogen-bond acceptors (Lipinski definition) is 7. The fourth-order valence-electron chi connectivity index (χ4n) is 2.87. The van der Waals surface area contributed by atoms with Crippen molar-refractivity contribution >= 4 is 17.0 Å². The van der Waals surface area contributed by atoms with Crippen LogP contribution in [0.1, 0.15) is 85.0 Å². The molecule has 3 heterocycles. The van der Waals surface area contributed by atoms with Crippen molar-refractivity contribution in [1.29, 1.82) is 0 Å². The van der Waals surface area contributed by atoms with Crippen molar-refractivity contribution in [3.8, 4) is 0 Å². The third kappa shape index (κ3) is 2.95. The van der Waals surface area contributed by atoms with Crippen LogP contribution in [0.15, 0.2) is 15.0 Å². The number of hydrogen-bond donors (Lipinski definition) is 1. The molecule has 4 rings (SSSR count). The molecule has 8 nitrogen and oxygen atoms in total. The first-order valence-electron chi connectivity index (χ1n) is 8.85. The number of aromatic nitrogens is 4. The highest BCUT2D eigenvalue weighted by molar-refractivity contribution is 6.06. The van der Waals surface area contributed by atoms with Gasteiger partial charge in [-0.05, 0) is 32.8 Å². The Labute approximate surface area is 150 Å². The molecule has 1 aliphatic carbocycles. The predicted octanol–water partition coefficient (Wildman–Crippen LogP) is 3.41. The number of pyridine rings is 1. The van der Waals surface area contributed by atoms with Crippen LogP contribution in [-0.4, -0.2) is 26.2 Å². The van der Waals surface area contributed by atoms with Crippen LogP contribution in [-0.2, 0) is 0 Å². The van der Waals surface area contributed by atoms with Gasteiger partial charge in [-0.2, -0.15) is 0 Å². The van der Waals surface area contributed by atoms with Crippen LogP contribution in [0.2, 0.25) is 0 Å². The molecule has 1 fully saturated rings. The van der Waals surface area contributed by atoms with Gasteiger partial charge >= 0.3 is 0 Å². The summed E-state index contributed by atoms with van der Waals surface area (Å²) >= 11 is 0. The molecule has 1 unspecified atom stereocenters. The number of fused-ring (bicyclic) bond motifs is 1. The molecule has 0 radical (unpaired) electrons. The summed E-state index contributed by atoms with van der Waals surface area (Å²) in [4.78, 5) is 17.4. The van der Waals surface area contributed by atoms with Crippen LogP contribution in [0, 0.1) is 6.92 Å². The van der Waals surface area contributed by atoms with Crippen LogP contribution in [0.25, 0.3) is 11.1 Å². The number of nitrogens with zero attached hydrogens (tertiary/aromatic N) is 4. The van der Waals surface area contributed by atoms with Crippen LogP contribution in [0.5, 0.6) is 0 Å². The summed E-state index contributed by atoms with van der Waals surface area (Å²) in [6.45, 7) is 7.57. The van der Waals surface area contributed by atoms with E-state index in [2.05, 4.69) is 25.7 Å². The van der Waals surface area contributed by atoms with Crippen molar-refractivity contribution < 1.29 is 13.7 Å². The standard InChI is InChI=1S/C18H21N5O3/c1-8(2)16-21-22-17(25-16)10(4)19-15(24)12-7-13(11-5-6-11)20-18-14(12)9(3)23-26-18/h7-8,10-11H,5-6H2,1-4H3,(H,19,24). The Morgan fingerprint density at radius 2 is 1.96 bits per heavy atom. The Bertz CT molecular complexity index is 971. The summed E-state index contributed by atoms with van der Waals surface area (Å²) in [5, 5.41) is 15.6. The zero-order chi connectivity index (χ0) is 18.4. The van der Waals surface area contributed by atoms with Crippen LogP contribution in [0.4, 0.5) is 0 Å². The summed E-state index contributed by atoms with van der Waals surface area (Å²) in [7, 11) is 0. The van der Waals surface area contributed by atoms with Gasteiger partial charge in [0.2, 0.25) is 11.8 Å². The van der Waals surface area contributed by atoms with Gasteiger partial charge in [0.05, 0.1) is 16.6 Å². The lowest BCUT2D eigenvalue weighted by atomic mass is 10.1. The summed E-state index contributed by atoms with van der Waals surface area (Å²) < 4.78 is 10.9. The molecule has 0 bridgehead atoms. The zero-order valence-corrected chi connectivity index (χ0v) is 15.2. The van der Waals surface area contributed by atoms with E-state index in [0.717, 1.165) is 18.5 Å². The second kappa shape index (κ2) is 6.19. The number of amides is 1. The number of nitrogens with one attached hydrogen (secondary N) is 1. The fraction of sp³-hybridized carbons (Fsp3) is 0.500. The molecule has 3 aromatic heterocycles. The molecule has 1 atom stereocenters. The second-order valence-electron chi connectivity index (χ2n) is 7.15. The minimum absolute atomic E-state index is 0.139. The van der Waals surface area contributed by atoms with Gasteiger partial charge in [-0.1, -0.05) is 19.0 Å². The highest BCUT2D eigenvalue weighted by atomic mass is 16.5. The molecule has 1 N–H and O–H groups in total. The summed E-state index contributed by atoms with van der Waals surface area (Å²) in [5.74, 6) is 1.25. The van der Waals surface area contributed by atoms with E-state index in [1.54, 1.807) is 6.92 Å². The quantitative estimate of drug-likeness (QED) is 0.747. The molecule has 26 heavy (non-hydrogen) atoms. The largest absolute Gasteiger partial charge is 0.423 e. The van der Waals surface area contributed by atoms with Crippen molar-refractivity contribution in [1.82, 2.24) is 25.7 Å². The van der Waals surface area contributed by atoms with Crippen molar-refractivity contribution in [3.63, 3.8) is 0 Å². The van der Waals surface area contributed by atoms with Gasteiger partial charge in [-0.15, -0.1) is 10.2 Å². The van der Waals surface area contributed by atoms with E-state index in [0.29, 0.717) is 40.1 Å². The molecule has 1 saturated carbocycles. The molecule has 0 aromatic carbocycles. The fourth-order valence-corrected chi connectivity index (χ4v) is 2.87. The molecule has 0 aliphatic heterocycles. The third-order valence-electron chi connectivity index (χ3n) is 4.55. The van der Waals surface area contributed by atoms with Gasteiger partial charge in [0.1, 0.15) is 6.04 Å². The first-order chi connectivity index (χ1) is 12.4. The Morgan fingerprint density at radius 1 is 1.23 bits per heavy atom. The lowest BCUT2D eigenvalue weighted by molar-refractivity contribution is 0.0935. The first-order valence-corrected chi connectivity index (χ1v) is 8.85. The van der Waals surface area contributed by atoms with Crippen LogP contribution >= 0.6 is 0 Å². The van der Waals surface area contributed by atoms with Crippen molar-refractivity contribution in [2.24, 2.45) is 0 Å². The molecule has 0 saturated heterocycles.